The lowest BCUT2D eigenvalue weighted by Crippen LogP contribution is -2.34. The Morgan fingerprint density at radius 2 is 1.69 bits per heavy atom. The monoisotopic (exact) mass is 379 g/mol. The Bertz CT molecular complexity index is 803. The Kier molecular flexibility index (Phi) is 5.66. The molecule has 0 spiro atoms. The van der Waals surface area contributed by atoms with Gasteiger partial charge in [0.2, 0.25) is 5.91 Å². The minimum absolute atomic E-state index is 0.123. The number of hydrogen-bond acceptors (Lipinski definition) is 3. The van der Waals surface area contributed by atoms with Crippen molar-refractivity contribution >= 4 is 22.4 Å². The number of para-hydroxylation sites is 2. The lowest BCUT2D eigenvalue weighted by molar-refractivity contribution is -0.115. The number of halogens is 2. The van der Waals surface area contributed by atoms with Crippen LogP contribution in [-0.2, 0) is 28.4 Å². The SMILES string of the molecule is C[C@@H](C(=O)Nc1ccccc1OC(F)F)[S@@](=O)C1Cc2ccccc2C1. The first-order valence-electron chi connectivity index (χ1n) is 8.26. The van der Waals surface area contributed by atoms with E-state index in [2.05, 4.69) is 10.1 Å². The van der Waals surface area contributed by atoms with Gasteiger partial charge in [0.05, 0.1) is 5.69 Å². The van der Waals surface area contributed by atoms with E-state index in [-0.39, 0.29) is 16.7 Å². The minimum Gasteiger partial charge on any atom is -0.433 e. The molecule has 0 heterocycles. The Labute approximate surface area is 153 Å². The molecule has 7 heteroatoms. The maximum Gasteiger partial charge on any atom is 0.387 e. The van der Waals surface area contributed by atoms with Crippen molar-refractivity contribution in [3.05, 3.63) is 59.7 Å². The molecule has 4 nitrogen and oxygen atoms in total. The van der Waals surface area contributed by atoms with E-state index < -0.39 is 28.6 Å². The summed E-state index contributed by atoms with van der Waals surface area (Å²) in [4.78, 5) is 12.5. The van der Waals surface area contributed by atoms with E-state index in [0.717, 1.165) is 11.1 Å². The number of rotatable bonds is 6. The molecular formula is C19H19F2NO3S. The summed E-state index contributed by atoms with van der Waals surface area (Å²) >= 11 is 0. The normalized spacial score (nSPS) is 16.2. The van der Waals surface area contributed by atoms with Gasteiger partial charge in [0, 0.05) is 16.0 Å². The number of nitrogens with one attached hydrogen (secondary N) is 1. The standard InChI is InChI=1S/C19H19F2NO3S/c1-12(26(24)15-10-13-6-2-3-7-14(13)11-15)18(23)22-16-8-4-5-9-17(16)25-19(20)21/h2-9,12,15,19H,10-11H2,1H3,(H,22,23)/t12-,26+/m0/s1. The molecular weight excluding hydrogens is 360 g/mol. The highest BCUT2D eigenvalue weighted by atomic mass is 32.2. The van der Waals surface area contributed by atoms with Crippen LogP contribution in [-0.4, -0.2) is 27.2 Å². The maximum atomic E-state index is 12.8. The zero-order valence-corrected chi connectivity index (χ0v) is 15.0. The number of amides is 1. The Balaban J connectivity index is 1.66. The highest BCUT2D eigenvalue weighted by Crippen LogP contribution is 2.28. The molecule has 0 aromatic heterocycles. The van der Waals surface area contributed by atoms with Gasteiger partial charge in [-0.25, -0.2) is 0 Å². The number of ether oxygens (including phenoxy) is 1. The Hall–Kier alpha value is -2.28. The fraction of sp³-hybridized carbons (Fsp3) is 0.316. The predicted octanol–water partition coefficient (Wildman–Crippen LogP) is 3.53. The highest BCUT2D eigenvalue weighted by molar-refractivity contribution is 7.87. The smallest absolute Gasteiger partial charge is 0.387 e. The van der Waals surface area contributed by atoms with E-state index >= 15 is 0 Å². The van der Waals surface area contributed by atoms with Crippen LogP contribution in [0.1, 0.15) is 18.1 Å². The largest absolute Gasteiger partial charge is 0.433 e. The van der Waals surface area contributed by atoms with Crippen molar-refractivity contribution in [1.29, 1.82) is 0 Å². The van der Waals surface area contributed by atoms with Gasteiger partial charge in [-0.3, -0.25) is 9.00 Å². The van der Waals surface area contributed by atoms with E-state index in [1.807, 2.05) is 24.3 Å². The first-order chi connectivity index (χ1) is 12.5. The number of benzene rings is 2. The Morgan fingerprint density at radius 1 is 1.12 bits per heavy atom. The highest BCUT2D eigenvalue weighted by Gasteiger charge is 2.32. The summed E-state index contributed by atoms with van der Waals surface area (Å²) in [5.74, 6) is -0.605. The first-order valence-corrected chi connectivity index (χ1v) is 9.54. The quantitative estimate of drug-likeness (QED) is 0.835. The van der Waals surface area contributed by atoms with Crippen molar-refractivity contribution in [2.24, 2.45) is 0 Å². The summed E-state index contributed by atoms with van der Waals surface area (Å²) < 4.78 is 42.2. The molecule has 0 bridgehead atoms. The van der Waals surface area contributed by atoms with Gasteiger partial charge in [0.1, 0.15) is 11.0 Å². The van der Waals surface area contributed by atoms with E-state index in [1.54, 1.807) is 13.0 Å². The van der Waals surface area contributed by atoms with Gasteiger partial charge < -0.3 is 10.1 Å². The molecule has 2 aromatic carbocycles. The molecule has 0 radical (unpaired) electrons. The summed E-state index contributed by atoms with van der Waals surface area (Å²) in [6, 6.07) is 13.9. The molecule has 2 atom stereocenters. The van der Waals surface area contributed by atoms with Crippen molar-refractivity contribution in [2.45, 2.75) is 36.9 Å². The number of fused-ring (bicyclic) bond motifs is 1. The zero-order valence-electron chi connectivity index (χ0n) is 14.2. The average Bonchev–Trinajstić information content (AvgIpc) is 3.05. The number of alkyl halides is 2. The maximum absolute atomic E-state index is 12.8. The molecule has 138 valence electrons. The molecule has 0 unspecified atom stereocenters. The van der Waals surface area contributed by atoms with Crippen LogP contribution in [0.25, 0.3) is 0 Å². The molecule has 0 saturated heterocycles. The summed E-state index contributed by atoms with van der Waals surface area (Å²) in [6.45, 7) is -1.40. The van der Waals surface area contributed by atoms with E-state index in [1.165, 1.54) is 18.2 Å². The zero-order chi connectivity index (χ0) is 18.7. The summed E-state index contributed by atoms with van der Waals surface area (Å²) in [6.07, 6.45) is 1.34. The average molecular weight is 379 g/mol. The van der Waals surface area contributed by atoms with Crippen LogP contribution in [0.4, 0.5) is 14.5 Å². The van der Waals surface area contributed by atoms with Gasteiger partial charge in [0.25, 0.3) is 0 Å². The third-order valence-corrected chi connectivity index (χ3v) is 6.32. The summed E-state index contributed by atoms with van der Waals surface area (Å²) in [7, 11) is -1.39. The van der Waals surface area contributed by atoms with Gasteiger partial charge in [-0.15, -0.1) is 0 Å². The summed E-state index contributed by atoms with van der Waals surface area (Å²) in [5.41, 5.74) is 2.46. The van der Waals surface area contributed by atoms with Gasteiger partial charge in [-0.05, 0) is 43.0 Å². The number of hydrogen-bond donors (Lipinski definition) is 1. The second-order valence-corrected chi connectivity index (χ2v) is 8.16. The molecule has 0 fully saturated rings. The van der Waals surface area contributed by atoms with Crippen molar-refractivity contribution in [1.82, 2.24) is 0 Å². The molecule has 2 aromatic rings. The lowest BCUT2D eigenvalue weighted by Gasteiger charge is -2.17. The molecule has 3 rings (SSSR count). The van der Waals surface area contributed by atoms with Crippen LogP contribution in [0.3, 0.4) is 0 Å². The molecule has 1 amide bonds. The molecule has 1 N–H and O–H groups in total. The second kappa shape index (κ2) is 7.95. The molecule has 0 saturated carbocycles. The molecule has 0 aliphatic heterocycles. The second-order valence-electron chi connectivity index (χ2n) is 6.13. The number of carbonyl (C=O) groups excluding carboxylic acids is 1. The van der Waals surface area contributed by atoms with Crippen molar-refractivity contribution in [3.63, 3.8) is 0 Å². The van der Waals surface area contributed by atoms with Crippen molar-refractivity contribution in [3.8, 4) is 5.75 Å². The van der Waals surface area contributed by atoms with Crippen molar-refractivity contribution in [2.75, 3.05) is 5.32 Å². The van der Waals surface area contributed by atoms with Crippen LogP contribution in [0, 0.1) is 0 Å². The Morgan fingerprint density at radius 3 is 2.31 bits per heavy atom. The van der Waals surface area contributed by atoms with Crippen LogP contribution in [0.5, 0.6) is 5.75 Å². The van der Waals surface area contributed by atoms with E-state index in [0.29, 0.717) is 12.8 Å². The van der Waals surface area contributed by atoms with Gasteiger partial charge in [-0.2, -0.15) is 8.78 Å². The van der Waals surface area contributed by atoms with Gasteiger partial charge in [-0.1, -0.05) is 36.4 Å². The minimum atomic E-state index is -2.99. The van der Waals surface area contributed by atoms with Crippen LogP contribution in [0.2, 0.25) is 0 Å². The molecule has 1 aliphatic rings. The van der Waals surface area contributed by atoms with Crippen LogP contribution in [0.15, 0.2) is 48.5 Å². The van der Waals surface area contributed by atoms with E-state index in [9.17, 15) is 17.8 Å². The number of anilines is 1. The van der Waals surface area contributed by atoms with Crippen molar-refractivity contribution < 1.29 is 22.5 Å². The van der Waals surface area contributed by atoms with E-state index in [4.69, 9.17) is 0 Å². The van der Waals surface area contributed by atoms with Gasteiger partial charge >= 0.3 is 6.61 Å². The van der Waals surface area contributed by atoms with Crippen LogP contribution >= 0.6 is 0 Å². The fourth-order valence-electron chi connectivity index (χ4n) is 3.08. The first kappa shape index (κ1) is 18.5. The topological polar surface area (TPSA) is 55.4 Å². The van der Waals surface area contributed by atoms with Crippen LogP contribution < -0.4 is 10.1 Å². The lowest BCUT2D eigenvalue weighted by atomic mass is 10.1. The third-order valence-electron chi connectivity index (χ3n) is 4.42. The predicted molar refractivity (Wildman–Crippen MR) is 96.9 cm³/mol. The number of carbonyl (C=O) groups is 1. The van der Waals surface area contributed by atoms with Gasteiger partial charge in [0.15, 0.2) is 0 Å². The molecule has 1 aliphatic carbocycles. The molecule has 26 heavy (non-hydrogen) atoms. The third kappa shape index (κ3) is 4.09. The fourth-order valence-corrected chi connectivity index (χ4v) is 4.61. The summed E-state index contributed by atoms with van der Waals surface area (Å²) in [5, 5.41) is 1.66.